The molecule has 26 heavy (non-hydrogen) atoms. The zero-order chi connectivity index (χ0) is 18.9. The van der Waals surface area contributed by atoms with Crippen LogP contribution in [0.5, 0.6) is 5.75 Å². The molecule has 0 aliphatic heterocycles. The number of hydrogen-bond acceptors (Lipinski definition) is 4. The van der Waals surface area contributed by atoms with Gasteiger partial charge in [-0.15, -0.1) is 0 Å². The summed E-state index contributed by atoms with van der Waals surface area (Å²) in [6.45, 7) is 7.74. The van der Waals surface area contributed by atoms with Crippen molar-refractivity contribution in [3.63, 3.8) is 0 Å². The van der Waals surface area contributed by atoms with E-state index in [1.54, 1.807) is 6.07 Å². The zero-order valence-corrected chi connectivity index (χ0v) is 17.0. The minimum absolute atomic E-state index is 0.0937. The van der Waals surface area contributed by atoms with E-state index in [0.717, 1.165) is 16.6 Å². The van der Waals surface area contributed by atoms with Gasteiger partial charge in [0.2, 0.25) is 5.52 Å². The highest BCUT2D eigenvalue weighted by Crippen LogP contribution is 2.42. The van der Waals surface area contributed by atoms with Gasteiger partial charge in [0.15, 0.2) is 0 Å². The summed E-state index contributed by atoms with van der Waals surface area (Å²) in [6, 6.07) is 12.9. The molecule has 0 N–H and O–H groups in total. The van der Waals surface area contributed by atoms with Crippen molar-refractivity contribution in [3.05, 3.63) is 58.6 Å². The fourth-order valence-corrected chi connectivity index (χ4v) is 4.48. The van der Waals surface area contributed by atoms with Crippen LogP contribution in [-0.4, -0.2) is 32.0 Å². The van der Waals surface area contributed by atoms with Crippen molar-refractivity contribution in [2.75, 3.05) is 26.4 Å². The summed E-state index contributed by atoms with van der Waals surface area (Å²) >= 11 is 6.30. The second-order valence-electron chi connectivity index (χ2n) is 5.49. The maximum Gasteiger partial charge on any atom is 0.217 e. The fraction of sp³-hybridized carbons (Fsp3) is 0.350. The number of halogens is 1. The summed E-state index contributed by atoms with van der Waals surface area (Å²) in [5.41, 5.74) is 1.27. The van der Waals surface area contributed by atoms with Crippen molar-refractivity contribution in [1.29, 1.82) is 0 Å². The van der Waals surface area contributed by atoms with Gasteiger partial charge in [0, 0.05) is 17.5 Å². The SMILES string of the molecule is CCOCCOP(C(=O)c1c(C)cccc1Cl)c1ccc(OCC)cc1. The highest BCUT2D eigenvalue weighted by molar-refractivity contribution is 7.78. The van der Waals surface area contributed by atoms with E-state index in [1.165, 1.54) is 0 Å². The predicted octanol–water partition coefficient (Wildman–Crippen LogP) is 4.96. The third kappa shape index (κ3) is 5.52. The molecule has 6 heteroatoms. The van der Waals surface area contributed by atoms with Crippen LogP contribution in [0.4, 0.5) is 0 Å². The van der Waals surface area contributed by atoms with E-state index in [2.05, 4.69) is 0 Å². The van der Waals surface area contributed by atoms with Crippen molar-refractivity contribution in [1.82, 2.24) is 0 Å². The molecule has 0 aromatic heterocycles. The third-order valence-electron chi connectivity index (χ3n) is 3.65. The van der Waals surface area contributed by atoms with Crippen LogP contribution in [0.1, 0.15) is 29.8 Å². The lowest BCUT2D eigenvalue weighted by atomic mass is 10.1. The van der Waals surface area contributed by atoms with Crippen LogP contribution < -0.4 is 10.0 Å². The first-order valence-corrected chi connectivity index (χ1v) is 10.2. The molecule has 0 heterocycles. The number of ether oxygens (including phenoxy) is 2. The van der Waals surface area contributed by atoms with E-state index in [-0.39, 0.29) is 5.52 Å². The third-order valence-corrected chi connectivity index (χ3v) is 5.77. The minimum atomic E-state index is -1.52. The second kappa shape index (κ2) is 10.6. The summed E-state index contributed by atoms with van der Waals surface area (Å²) in [5.74, 6) is 0.766. The van der Waals surface area contributed by atoms with Crippen LogP contribution in [0.3, 0.4) is 0 Å². The van der Waals surface area contributed by atoms with Gasteiger partial charge in [-0.1, -0.05) is 23.7 Å². The molecule has 2 rings (SSSR count). The molecular weight excluding hydrogens is 371 g/mol. The van der Waals surface area contributed by atoms with E-state index < -0.39 is 8.15 Å². The van der Waals surface area contributed by atoms with E-state index in [0.29, 0.717) is 37.0 Å². The normalized spacial score (nSPS) is 12.0. The average Bonchev–Trinajstić information content (AvgIpc) is 2.63. The lowest BCUT2D eigenvalue weighted by molar-refractivity contribution is 0.102. The molecule has 0 radical (unpaired) electrons. The van der Waals surface area contributed by atoms with Gasteiger partial charge in [0.1, 0.15) is 13.9 Å². The number of rotatable bonds is 10. The quantitative estimate of drug-likeness (QED) is 0.422. The van der Waals surface area contributed by atoms with Gasteiger partial charge in [-0.3, -0.25) is 4.79 Å². The first-order valence-electron chi connectivity index (χ1n) is 8.61. The fourth-order valence-electron chi connectivity index (χ4n) is 2.43. The Bertz CT molecular complexity index is 698. The number of carbonyl (C=O) groups excluding carboxylic acids is 1. The Morgan fingerprint density at radius 1 is 1.04 bits per heavy atom. The Morgan fingerprint density at radius 2 is 1.77 bits per heavy atom. The van der Waals surface area contributed by atoms with Crippen molar-refractivity contribution >= 4 is 30.6 Å². The predicted molar refractivity (Wildman–Crippen MR) is 107 cm³/mol. The number of carbonyl (C=O) groups is 1. The molecule has 0 aliphatic rings. The topological polar surface area (TPSA) is 44.8 Å². The number of benzene rings is 2. The largest absolute Gasteiger partial charge is 0.494 e. The molecule has 0 bridgehead atoms. The van der Waals surface area contributed by atoms with Gasteiger partial charge >= 0.3 is 0 Å². The summed E-state index contributed by atoms with van der Waals surface area (Å²) in [7, 11) is -1.52. The molecule has 1 atom stereocenters. The summed E-state index contributed by atoms with van der Waals surface area (Å²) in [5, 5.41) is 1.27. The van der Waals surface area contributed by atoms with Crippen LogP contribution in [0.25, 0.3) is 0 Å². The first kappa shape index (κ1) is 20.9. The molecular formula is C20H24ClO4P. The van der Waals surface area contributed by atoms with Crippen molar-refractivity contribution < 1.29 is 18.8 Å². The molecule has 0 saturated carbocycles. The Balaban J connectivity index is 2.29. The van der Waals surface area contributed by atoms with Crippen molar-refractivity contribution in [2.24, 2.45) is 0 Å². The molecule has 0 saturated heterocycles. The maximum absolute atomic E-state index is 13.2. The summed E-state index contributed by atoms with van der Waals surface area (Å²) < 4.78 is 16.8. The number of hydrogen-bond donors (Lipinski definition) is 0. The Kier molecular flexibility index (Phi) is 8.53. The van der Waals surface area contributed by atoms with Gasteiger partial charge in [0.05, 0.1) is 24.8 Å². The van der Waals surface area contributed by atoms with E-state index in [9.17, 15) is 4.79 Å². The molecule has 1 unspecified atom stereocenters. The molecule has 4 nitrogen and oxygen atoms in total. The standard InChI is InChI=1S/C20H24ClO4P/c1-4-23-13-14-25-26(17-11-9-16(10-12-17)24-5-2)20(22)19-15(3)7-6-8-18(19)21/h6-12H,4-5,13-14H2,1-3H3. The zero-order valence-electron chi connectivity index (χ0n) is 15.3. The lowest BCUT2D eigenvalue weighted by Gasteiger charge is -2.19. The van der Waals surface area contributed by atoms with Gasteiger partial charge in [-0.25, -0.2) is 0 Å². The van der Waals surface area contributed by atoms with Crippen molar-refractivity contribution in [2.45, 2.75) is 20.8 Å². The lowest BCUT2D eigenvalue weighted by Crippen LogP contribution is -2.15. The van der Waals surface area contributed by atoms with Gasteiger partial charge in [0.25, 0.3) is 0 Å². The van der Waals surface area contributed by atoms with Crippen LogP contribution in [0.2, 0.25) is 5.02 Å². The van der Waals surface area contributed by atoms with Crippen LogP contribution in [0, 0.1) is 6.92 Å². The van der Waals surface area contributed by atoms with E-state index >= 15 is 0 Å². The summed E-state index contributed by atoms with van der Waals surface area (Å²) in [4.78, 5) is 13.2. The molecule has 2 aromatic carbocycles. The minimum Gasteiger partial charge on any atom is -0.494 e. The van der Waals surface area contributed by atoms with Crippen LogP contribution >= 0.6 is 19.7 Å². The molecule has 0 amide bonds. The monoisotopic (exact) mass is 394 g/mol. The molecule has 140 valence electrons. The average molecular weight is 395 g/mol. The van der Waals surface area contributed by atoms with Gasteiger partial charge in [-0.2, -0.15) is 0 Å². The molecule has 0 spiro atoms. The van der Waals surface area contributed by atoms with E-state index in [4.69, 9.17) is 25.6 Å². The second-order valence-corrected chi connectivity index (χ2v) is 7.67. The Morgan fingerprint density at radius 3 is 2.38 bits per heavy atom. The number of aryl methyl sites for hydroxylation is 1. The Hall–Kier alpha value is -1.45. The highest BCUT2D eigenvalue weighted by Gasteiger charge is 2.26. The maximum atomic E-state index is 13.2. The Labute approximate surface area is 161 Å². The van der Waals surface area contributed by atoms with Gasteiger partial charge < -0.3 is 14.0 Å². The molecule has 0 aliphatic carbocycles. The molecule has 2 aromatic rings. The van der Waals surface area contributed by atoms with Crippen LogP contribution in [-0.2, 0) is 9.26 Å². The summed E-state index contributed by atoms with van der Waals surface area (Å²) in [6.07, 6.45) is 0. The highest BCUT2D eigenvalue weighted by atomic mass is 35.5. The smallest absolute Gasteiger partial charge is 0.217 e. The molecule has 0 fully saturated rings. The van der Waals surface area contributed by atoms with E-state index in [1.807, 2.05) is 57.2 Å². The van der Waals surface area contributed by atoms with Crippen LogP contribution in [0.15, 0.2) is 42.5 Å². The van der Waals surface area contributed by atoms with Crippen molar-refractivity contribution in [3.8, 4) is 5.75 Å². The first-order chi connectivity index (χ1) is 12.6. The van der Waals surface area contributed by atoms with Gasteiger partial charge in [-0.05, 0) is 56.7 Å².